The summed E-state index contributed by atoms with van der Waals surface area (Å²) in [5.41, 5.74) is 0.319. The van der Waals surface area contributed by atoms with Crippen LogP contribution in [0.2, 0.25) is 0 Å². The summed E-state index contributed by atoms with van der Waals surface area (Å²) in [7, 11) is 0. The first-order valence-electron chi connectivity index (χ1n) is 6.19. The third-order valence-electron chi connectivity index (χ3n) is 3.03. The minimum Gasteiger partial charge on any atom is -0.422 e. The highest BCUT2D eigenvalue weighted by atomic mass is 19.1. The van der Waals surface area contributed by atoms with Crippen LogP contribution in [0.3, 0.4) is 0 Å². The monoisotopic (exact) mass is 266 g/mol. The largest absolute Gasteiger partial charge is 0.422 e. The Bertz CT molecular complexity index is 758. The molecule has 0 N–H and O–H groups in total. The van der Waals surface area contributed by atoms with Gasteiger partial charge >= 0.3 is 5.97 Å². The van der Waals surface area contributed by atoms with E-state index in [4.69, 9.17) is 4.74 Å². The quantitative estimate of drug-likeness (QED) is 0.513. The fourth-order valence-corrected chi connectivity index (χ4v) is 2.03. The van der Waals surface area contributed by atoms with Crippen LogP contribution in [0.4, 0.5) is 4.39 Å². The standard InChI is InChI=1S/C17H11FO2/c18-14-10-8-13(9-11-14)17(19)20-16-7-3-5-12-4-1-2-6-15(12)16/h1-11H. The van der Waals surface area contributed by atoms with E-state index in [2.05, 4.69) is 0 Å². The molecule has 0 saturated heterocycles. The van der Waals surface area contributed by atoms with E-state index in [1.807, 2.05) is 36.4 Å². The molecule has 0 spiro atoms. The van der Waals surface area contributed by atoms with Gasteiger partial charge in [0.25, 0.3) is 0 Å². The molecular formula is C17H11FO2. The number of carbonyl (C=O) groups is 1. The average Bonchev–Trinajstić information content (AvgIpc) is 2.48. The van der Waals surface area contributed by atoms with E-state index in [1.165, 1.54) is 24.3 Å². The highest BCUT2D eigenvalue weighted by molar-refractivity contribution is 5.95. The molecule has 0 saturated carbocycles. The summed E-state index contributed by atoms with van der Waals surface area (Å²) in [5.74, 6) is -0.384. The van der Waals surface area contributed by atoms with Crippen molar-refractivity contribution in [3.63, 3.8) is 0 Å². The number of esters is 1. The van der Waals surface area contributed by atoms with Crippen LogP contribution in [0.5, 0.6) is 5.75 Å². The number of carbonyl (C=O) groups excluding carboxylic acids is 1. The Morgan fingerprint density at radius 3 is 2.35 bits per heavy atom. The van der Waals surface area contributed by atoms with Crippen molar-refractivity contribution in [3.8, 4) is 5.75 Å². The first kappa shape index (κ1) is 12.4. The number of ether oxygens (including phenoxy) is 1. The van der Waals surface area contributed by atoms with Crippen LogP contribution in [0.25, 0.3) is 10.8 Å². The van der Waals surface area contributed by atoms with Gasteiger partial charge in [-0.15, -0.1) is 0 Å². The van der Waals surface area contributed by atoms with Crippen molar-refractivity contribution < 1.29 is 13.9 Å². The summed E-state index contributed by atoms with van der Waals surface area (Å²) in [6.07, 6.45) is 0. The second-order valence-corrected chi connectivity index (χ2v) is 4.37. The Balaban J connectivity index is 1.93. The van der Waals surface area contributed by atoms with Crippen LogP contribution in [0.15, 0.2) is 66.7 Å². The van der Waals surface area contributed by atoms with Gasteiger partial charge in [0.2, 0.25) is 0 Å². The molecule has 2 nitrogen and oxygen atoms in total. The van der Waals surface area contributed by atoms with Gasteiger partial charge in [-0.25, -0.2) is 9.18 Å². The molecule has 20 heavy (non-hydrogen) atoms. The number of benzene rings is 3. The van der Waals surface area contributed by atoms with Crippen molar-refractivity contribution >= 4 is 16.7 Å². The van der Waals surface area contributed by atoms with Crippen molar-refractivity contribution in [2.24, 2.45) is 0 Å². The van der Waals surface area contributed by atoms with E-state index in [-0.39, 0.29) is 5.82 Å². The van der Waals surface area contributed by atoms with Crippen LogP contribution >= 0.6 is 0 Å². The van der Waals surface area contributed by atoms with Crippen molar-refractivity contribution in [2.75, 3.05) is 0 Å². The third kappa shape index (κ3) is 2.38. The zero-order chi connectivity index (χ0) is 13.9. The van der Waals surface area contributed by atoms with Crippen LogP contribution in [-0.2, 0) is 0 Å². The molecule has 0 fully saturated rings. The topological polar surface area (TPSA) is 26.3 Å². The number of rotatable bonds is 2. The predicted octanol–water partition coefficient (Wildman–Crippen LogP) is 4.20. The van der Waals surface area contributed by atoms with Gasteiger partial charge in [0.1, 0.15) is 11.6 Å². The van der Waals surface area contributed by atoms with Crippen molar-refractivity contribution in [1.29, 1.82) is 0 Å². The summed E-state index contributed by atoms with van der Waals surface area (Å²) in [6.45, 7) is 0. The Morgan fingerprint density at radius 2 is 1.55 bits per heavy atom. The highest BCUT2D eigenvalue weighted by Gasteiger charge is 2.10. The lowest BCUT2D eigenvalue weighted by Gasteiger charge is -2.07. The fourth-order valence-electron chi connectivity index (χ4n) is 2.03. The summed E-state index contributed by atoms with van der Waals surface area (Å²) < 4.78 is 18.2. The van der Waals surface area contributed by atoms with Gasteiger partial charge in [-0.2, -0.15) is 0 Å². The molecule has 0 aliphatic heterocycles. The molecule has 0 atom stereocenters. The van der Waals surface area contributed by atoms with E-state index in [1.54, 1.807) is 6.07 Å². The zero-order valence-corrected chi connectivity index (χ0v) is 10.5. The molecule has 0 unspecified atom stereocenters. The maximum absolute atomic E-state index is 12.8. The summed E-state index contributed by atoms with van der Waals surface area (Å²) in [4.78, 5) is 12.0. The van der Waals surface area contributed by atoms with Crippen molar-refractivity contribution in [3.05, 3.63) is 78.1 Å². The van der Waals surface area contributed by atoms with Gasteiger partial charge in [-0.1, -0.05) is 36.4 Å². The molecule has 0 aromatic heterocycles. The van der Waals surface area contributed by atoms with Gasteiger partial charge in [-0.05, 0) is 35.7 Å². The number of hydrogen-bond donors (Lipinski definition) is 0. The molecule has 0 radical (unpaired) electrons. The molecule has 0 heterocycles. The molecule has 98 valence electrons. The van der Waals surface area contributed by atoms with Crippen molar-refractivity contribution in [1.82, 2.24) is 0 Å². The van der Waals surface area contributed by atoms with Crippen LogP contribution in [0.1, 0.15) is 10.4 Å². The number of hydrogen-bond acceptors (Lipinski definition) is 2. The molecule has 3 aromatic carbocycles. The van der Waals surface area contributed by atoms with E-state index >= 15 is 0 Å². The van der Waals surface area contributed by atoms with Crippen LogP contribution in [0, 0.1) is 5.82 Å². The Kier molecular flexibility index (Phi) is 3.17. The smallest absolute Gasteiger partial charge is 0.343 e. The SMILES string of the molecule is O=C(Oc1cccc2ccccc12)c1ccc(F)cc1. The van der Waals surface area contributed by atoms with Gasteiger partial charge in [0.05, 0.1) is 5.56 Å². The van der Waals surface area contributed by atoms with E-state index in [0.29, 0.717) is 11.3 Å². The maximum Gasteiger partial charge on any atom is 0.343 e. The Labute approximate surface area is 115 Å². The summed E-state index contributed by atoms with van der Waals surface area (Å²) >= 11 is 0. The lowest BCUT2D eigenvalue weighted by atomic mass is 10.1. The Hall–Kier alpha value is -2.68. The Morgan fingerprint density at radius 1 is 0.850 bits per heavy atom. The molecule has 3 heteroatoms. The van der Waals surface area contributed by atoms with E-state index in [0.717, 1.165) is 10.8 Å². The van der Waals surface area contributed by atoms with Gasteiger partial charge in [0.15, 0.2) is 0 Å². The fraction of sp³-hybridized carbons (Fsp3) is 0. The maximum atomic E-state index is 12.8. The predicted molar refractivity (Wildman–Crippen MR) is 75.3 cm³/mol. The number of fused-ring (bicyclic) bond motifs is 1. The van der Waals surface area contributed by atoms with Gasteiger partial charge < -0.3 is 4.74 Å². The normalized spacial score (nSPS) is 10.4. The molecule has 3 aromatic rings. The lowest BCUT2D eigenvalue weighted by Crippen LogP contribution is -2.08. The number of halogens is 1. The highest BCUT2D eigenvalue weighted by Crippen LogP contribution is 2.25. The molecule has 3 rings (SSSR count). The lowest BCUT2D eigenvalue weighted by molar-refractivity contribution is 0.0737. The molecule has 0 aliphatic rings. The average molecular weight is 266 g/mol. The minimum atomic E-state index is -0.499. The van der Waals surface area contributed by atoms with E-state index in [9.17, 15) is 9.18 Å². The van der Waals surface area contributed by atoms with Gasteiger partial charge in [0, 0.05) is 5.39 Å². The minimum absolute atomic E-state index is 0.319. The summed E-state index contributed by atoms with van der Waals surface area (Å²) in [5, 5.41) is 1.86. The molecular weight excluding hydrogens is 255 g/mol. The molecule has 0 bridgehead atoms. The van der Waals surface area contributed by atoms with Crippen LogP contribution < -0.4 is 4.74 Å². The molecule has 0 amide bonds. The van der Waals surface area contributed by atoms with Gasteiger partial charge in [-0.3, -0.25) is 0 Å². The van der Waals surface area contributed by atoms with Crippen LogP contribution in [-0.4, -0.2) is 5.97 Å². The molecule has 0 aliphatic carbocycles. The van der Waals surface area contributed by atoms with Crippen molar-refractivity contribution in [2.45, 2.75) is 0 Å². The first-order chi connectivity index (χ1) is 9.74. The second kappa shape index (κ2) is 5.13. The third-order valence-corrected chi connectivity index (χ3v) is 3.03. The second-order valence-electron chi connectivity index (χ2n) is 4.37. The summed E-state index contributed by atoms with van der Waals surface area (Å²) in [6, 6.07) is 18.5. The first-order valence-corrected chi connectivity index (χ1v) is 6.19. The zero-order valence-electron chi connectivity index (χ0n) is 10.5. The van der Waals surface area contributed by atoms with E-state index < -0.39 is 5.97 Å².